The third-order valence-electron chi connectivity index (χ3n) is 4.20. The Morgan fingerprint density at radius 1 is 1.30 bits per heavy atom. The van der Waals surface area contributed by atoms with E-state index in [9.17, 15) is 9.90 Å². The summed E-state index contributed by atoms with van der Waals surface area (Å²) in [5, 5.41) is 13.3. The average Bonchev–Trinajstić information content (AvgIpc) is 2.51. The lowest BCUT2D eigenvalue weighted by molar-refractivity contribution is -0.128. The van der Waals surface area contributed by atoms with Gasteiger partial charge in [-0.2, -0.15) is 0 Å². The van der Waals surface area contributed by atoms with Crippen molar-refractivity contribution < 1.29 is 14.6 Å². The van der Waals surface area contributed by atoms with Crippen LogP contribution < -0.4 is 10.1 Å². The molecule has 0 aromatic heterocycles. The zero-order chi connectivity index (χ0) is 16.8. The summed E-state index contributed by atoms with van der Waals surface area (Å²) in [5.41, 5.74) is 0.959. The van der Waals surface area contributed by atoms with Gasteiger partial charge < -0.3 is 20.1 Å². The summed E-state index contributed by atoms with van der Waals surface area (Å²) < 4.78 is 5.88. The third-order valence-corrected chi connectivity index (χ3v) is 4.20. The Morgan fingerprint density at radius 2 is 1.96 bits per heavy atom. The standard InChI is InChI=1S/C18H28N2O3/c1-13(12-18(22)20(2)3)19-14-8-10-15(11-9-14)23-17-7-5-4-6-16(17)21/h8-11,13,16-17,19,21H,4-7,12H2,1-3H3. The SMILES string of the molecule is CC(CC(=O)N(C)C)Nc1ccc(OC2CCCCC2O)cc1. The molecule has 1 aromatic carbocycles. The van der Waals surface area contributed by atoms with Crippen molar-refractivity contribution in [3.8, 4) is 5.75 Å². The molecule has 2 rings (SSSR count). The highest BCUT2D eigenvalue weighted by Crippen LogP contribution is 2.25. The second-order valence-electron chi connectivity index (χ2n) is 6.57. The lowest BCUT2D eigenvalue weighted by atomic mass is 9.95. The molecular weight excluding hydrogens is 292 g/mol. The molecule has 1 fully saturated rings. The Labute approximate surface area is 138 Å². The number of carbonyl (C=O) groups is 1. The van der Waals surface area contributed by atoms with E-state index < -0.39 is 0 Å². The van der Waals surface area contributed by atoms with Gasteiger partial charge in [-0.25, -0.2) is 0 Å². The molecule has 0 saturated heterocycles. The first-order valence-corrected chi connectivity index (χ1v) is 8.37. The van der Waals surface area contributed by atoms with Crippen molar-refractivity contribution in [3.05, 3.63) is 24.3 Å². The molecule has 0 spiro atoms. The van der Waals surface area contributed by atoms with Gasteiger partial charge in [-0.3, -0.25) is 4.79 Å². The molecule has 1 amide bonds. The Morgan fingerprint density at radius 3 is 2.57 bits per heavy atom. The van der Waals surface area contributed by atoms with Crippen molar-refractivity contribution in [2.45, 2.75) is 57.3 Å². The molecule has 5 heteroatoms. The number of carbonyl (C=O) groups excluding carboxylic acids is 1. The third kappa shape index (κ3) is 5.43. The summed E-state index contributed by atoms with van der Waals surface area (Å²) in [5.74, 6) is 0.884. The number of aliphatic hydroxyl groups excluding tert-OH is 1. The normalized spacial score (nSPS) is 22.3. The molecule has 2 N–H and O–H groups in total. The first-order valence-electron chi connectivity index (χ1n) is 8.37. The maximum absolute atomic E-state index is 11.7. The van der Waals surface area contributed by atoms with Gasteiger partial charge in [0.1, 0.15) is 11.9 Å². The van der Waals surface area contributed by atoms with Gasteiger partial charge in [-0.15, -0.1) is 0 Å². The number of ether oxygens (including phenoxy) is 1. The number of hydrogen-bond donors (Lipinski definition) is 2. The van der Waals surface area contributed by atoms with E-state index in [1.54, 1.807) is 19.0 Å². The molecule has 0 bridgehead atoms. The Balaban J connectivity index is 1.85. The quantitative estimate of drug-likeness (QED) is 0.846. The predicted molar refractivity (Wildman–Crippen MR) is 91.7 cm³/mol. The maximum Gasteiger partial charge on any atom is 0.224 e. The van der Waals surface area contributed by atoms with Crippen LogP contribution in [0.1, 0.15) is 39.0 Å². The van der Waals surface area contributed by atoms with E-state index in [1.165, 1.54) is 0 Å². The van der Waals surface area contributed by atoms with Crippen LogP contribution in [0.4, 0.5) is 5.69 Å². The molecule has 0 radical (unpaired) electrons. The monoisotopic (exact) mass is 320 g/mol. The molecule has 1 aromatic rings. The zero-order valence-corrected chi connectivity index (χ0v) is 14.3. The first-order chi connectivity index (χ1) is 11.0. The van der Waals surface area contributed by atoms with Crippen molar-refractivity contribution in [3.63, 3.8) is 0 Å². The Hall–Kier alpha value is -1.75. The van der Waals surface area contributed by atoms with Crippen molar-refractivity contribution in [1.29, 1.82) is 0 Å². The zero-order valence-electron chi connectivity index (χ0n) is 14.3. The van der Waals surface area contributed by atoms with E-state index in [4.69, 9.17) is 4.74 Å². The number of nitrogens with zero attached hydrogens (tertiary/aromatic N) is 1. The van der Waals surface area contributed by atoms with Gasteiger partial charge in [0.25, 0.3) is 0 Å². The Kier molecular flexibility index (Phi) is 6.28. The van der Waals surface area contributed by atoms with Gasteiger partial charge in [0.15, 0.2) is 0 Å². The lowest BCUT2D eigenvalue weighted by Gasteiger charge is -2.28. The molecule has 1 aliphatic carbocycles. The minimum Gasteiger partial charge on any atom is -0.488 e. The second kappa shape index (κ2) is 8.20. The Bertz CT molecular complexity index is 501. The number of rotatable bonds is 6. The van der Waals surface area contributed by atoms with Crippen molar-refractivity contribution in [2.75, 3.05) is 19.4 Å². The summed E-state index contributed by atoms with van der Waals surface area (Å²) in [6.07, 6.45) is 3.91. The smallest absolute Gasteiger partial charge is 0.224 e. The van der Waals surface area contributed by atoms with Crippen LogP contribution in [0.2, 0.25) is 0 Å². The van der Waals surface area contributed by atoms with Crippen LogP contribution in [0, 0.1) is 0 Å². The number of hydrogen-bond acceptors (Lipinski definition) is 4. The number of anilines is 1. The van der Waals surface area contributed by atoms with Crippen LogP contribution in [-0.4, -0.2) is 48.3 Å². The van der Waals surface area contributed by atoms with Gasteiger partial charge in [0.2, 0.25) is 5.91 Å². The highest BCUT2D eigenvalue weighted by Gasteiger charge is 2.24. The highest BCUT2D eigenvalue weighted by molar-refractivity contribution is 5.76. The fourth-order valence-electron chi connectivity index (χ4n) is 2.80. The molecular formula is C18H28N2O3. The summed E-state index contributed by atoms with van der Waals surface area (Å²) in [7, 11) is 3.53. The molecule has 1 saturated carbocycles. The van der Waals surface area contributed by atoms with Gasteiger partial charge in [-0.1, -0.05) is 6.42 Å². The molecule has 1 aliphatic rings. The van der Waals surface area contributed by atoms with Gasteiger partial charge in [-0.05, 0) is 50.5 Å². The molecule has 3 atom stereocenters. The minimum atomic E-state index is -0.362. The van der Waals surface area contributed by atoms with Gasteiger partial charge in [0.05, 0.1) is 6.10 Å². The van der Waals surface area contributed by atoms with Crippen LogP contribution in [0.15, 0.2) is 24.3 Å². The van der Waals surface area contributed by atoms with Crippen molar-refractivity contribution in [2.24, 2.45) is 0 Å². The van der Waals surface area contributed by atoms with E-state index >= 15 is 0 Å². The van der Waals surface area contributed by atoms with E-state index in [0.717, 1.165) is 37.1 Å². The molecule has 23 heavy (non-hydrogen) atoms. The van der Waals surface area contributed by atoms with Gasteiger partial charge in [0, 0.05) is 32.2 Å². The number of aliphatic hydroxyl groups is 1. The maximum atomic E-state index is 11.7. The average molecular weight is 320 g/mol. The number of benzene rings is 1. The fourth-order valence-corrected chi connectivity index (χ4v) is 2.80. The van der Waals surface area contributed by atoms with E-state index in [2.05, 4.69) is 5.32 Å². The second-order valence-corrected chi connectivity index (χ2v) is 6.57. The predicted octanol–water partition coefficient (Wildman–Crippen LogP) is 2.65. The molecule has 0 heterocycles. The van der Waals surface area contributed by atoms with E-state index in [-0.39, 0.29) is 24.2 Å². The summed E-state index contributed by atoms with van der Waals surface area (Å²) >= 11 is 0. The summed E-state index contributed by atoms with van der Waals surface area (Å²) in [4.78, 5) is 13.3. The van der Waals surface area contributed by atoms with E-state index in [1.807, 2.05) is 31.2 Å². The number of amides is 1. The largest absolute Gasteiger partial charge is 0.488 e. The van der Waals surface area contributed by atoms with Crippen LogP contribution in [0.5, 0.6) is 5.75 Å². The van der Waals surface area contributed by atoms with Crippen LogP contribution >= 0.6 is 0 Å². The molecule has 128 valence electrons. The van der Waals surface area contributed by atoms with Crippen LogP contribution in [-0.2, 0) is 4.79 Å². The van der Waals surface area contributed by atoms with E-state index in [0.29, 0.717) is 6.42 Å². The topological polar surface area (TPSA) is 61.8 Å². The molecule has 3 unspecified atom stereocenters. The first kappa shape index (κ1) is 17.6. The molecule has 0 aliphatic heterocycles. The number of nitrogens with one attached hydrogen (secondary N) is 1. The van der Waals surface area contributed by atoms with Gasteiger partial charge >= 0.3 is 0 Å². The van der Waals surface area contributed by atoms with Crippen LogP contribution in [0.3, 0.4) is 0 Å². The summed E-state index contributed by atoms with van der Waals surface area (Å²) in [6, 6.07) is 7.77. The molecule has 5 nitrogen and oxygen atoms in total. The van der Waals surface area contributed by atoms with Crippen LogP contribution in [0.25, 0.3) is 0 Å². The fraction of sp³-hybridized carbons (Fsp3) is 0.611. The highest BCUT2D eigenvalue weighted by atomic mass is 16.5. The lowest BCUT2D eigenvalue weighted by Crippen LogP contribution is -2.34. The van der Waals surface area contributed by atoms with Crippen molar-refractivity contribution in [1.82, 2.24) is 4.90 Å². The van der Waals surface area contributed by atoms with Crippen molar-refractivity contribution >= 4 is 11.6 Å². The minimum absolute atomic E-state index is 0.0665. The summed E-state index contributed by atoms with van der Waals surface area (Å²) in [6.45, 7) is 1.99.